The molecule has 0 heterocycles. The fraction of sp³-hybridized carbons (Fsp3) is 0.222. The summed E-state index contributed by atoms with van der Waals surface area (Å²) in [5.41, 5.74) is 5.76. The first-order valence-electron chi connectivity index (χ1n) is 4.20. The number of benzene rings is 1. The number of anilines is 1. The lowest BCUT2D eigenvalue weighted by atomic mass is 10.1. The van der Waals surface area contributed by atoms with Gasteiger partial charge in [-0.25, -0.2) is 4.79 Å². The van der Waals surface area contributed by atoms with E-state index in [4.69, 9.17) is 5.73 Å². The molecule has 0 aromatic heterocycles. The van der Waals surface area contributed by atoms with Crippen LogP contribution in [0.4, 0.5) is 9.57 Å². The molecule has 0 aliphatic rings. The van der Waals surface area contributed by atoms with Gasteiger partial charge in [0.2, 0.25) is 0 Å². The van der Waals surface area contributed by atoms with E-state index >= 15 is 0 Å². The standard InChI is InChI=1S/C9H10FNO4S/c1-5-7(9(12)15-2)3-6(4-8(5)11)16(10,13)14/h3-4H,11H2,1-2H3. The molecule has 0 saturated heterocycles. The Kier molecular flexibility index (Phi) is 3.18. The Morgan fingerprint density at radius 3 is 2.44 bits per heavy atom. The lowest BCUT2D eigenvalue weighted by molar-refractivity contribution is 0.0599. The van der Waals surface area contributed by atoms with Gasteiger partial charge in [-0.15, -0.1) is 3.89 Å². The van der Waals surface area contributed by atoms with Gasteiger partial charge in [-0.2, -0.15) is 8.42 Å². The van der Waals surface area contributed by atoms with E-state index in [1.54, 1.807) is 0 Å². The molecule has 2 N–H and O–H groups in total. The van der Waals surface area contributed by atoms with Gasteiger partial charge in [0.25, 0.3) is 0 Å². The third-order valence-corrected chi connectivity index (χ3v) is 2.91. The SMILES string of the molecule is COC(=O)c1cc(S(=O)(=O)F)cc(N)c1C. The number of hydrogen-bond donors (Lipinski definition) is 1. The van der Waals surface area contributed by atoms with Gasteiger partial charge in [-0.3, -0.25) is 0 Å². The van der Waals surface area contributed by atoms with Crippen molar-refractivity contribution in [3.63, 3.8) is 0 Å². The lowest BCUT2D eigenvalue weighted by Gasteiger charge is -2.08. The van der Waals surface area contributed by atoms with Crippen LogP contribution in [0.1, 0.15) is 15.9 Å². The van der Waals surface area contributed by atoms with Crippen LogP contribution in [0.15, 0.2) is 17.0 Å². The van der Waals surface area contributed by atoms with E-state index in [0.29, 0.717) is 5.56 Å². The van der Waals surface area contributed by atoms with Crippen LogP contribution in [0.5, 0.6) is 0 Å². The van der Waals surface area contributed by atoms with Crippen LogP contribution in [0.25, 0.3) is 0 Å². The summed E-state index contributed by atoms with van der Waals surface area (Å²) in [4.78, 5) is 10.6. The number of rotatable bonds is 2. The van der Waals surface area contributed by atoms with E-state index < -0.39 is 21.1 Å². The van der Waals surface area contributed by atoms with Crippen LogP contribution in [-0.4, -0.2) is 21.5 Å². The van der Waals surface area contributed by atoms with Gasteiger partial charge in [0.15, 0.2) is 0 Å². The van der Waals surface area contributed by atoms with Gasteiger partial charge in [0, 0.05) is 5.69 Å². The molecule has 0 amide bonds. The molecular weight excluding hydrogens is 237 g/mol. The fourth-order valence-electron chi connectivity index (χ4n) is 1.17. The van der Waals surface area contributed by atoms with E-state index in [0.717, 1.165) is 19.2 Å². The molecule has 7 heteroatoms. The lowest BCUT2D eigenvalue weighted by Crippen LogP contribution is -2.08. The zero-order chi connectivity index (χ0) is 12.5. The molecule has 0 bridgehead atoms. The second-order valence-electron chi connectivity index (χ2n) is 3.11. The van der Waals surface area contributed by atoms with Crippen molar-refractivity contribution in [3.05, 3.63) is 23.3 Å². The van der Waals surface area contributed by atoms with Gasteiger partial charge in [0.1, 0.15) is 4.90 Å². The largest absolute Gasteiger partial charge is 0.465 e. The number of ether oxygens (including phenoxy) is 1. The van der Waals surface area contributed by atoms with Crippen molar-refractivity contribution >= 4 is 21.9 Å². The topological polar surface area (TPSA) is 86.5 Å². The summed E-state index contributed by atoms with van der Waals surface area (Å²) >= 11 is 0. The minimum absolute atomic E-state index is 0.0131. The monoisotopic (exact) mass is 247 g/mol. The Morgan fingerprint density at radius 2 is 2.00 bits per heavy atom. The highest BCUT2D eigenvalue weighted by Crippen LogP contribution is 2.23. The molecule has 0 saturated carbocycles. The highest BCUT2D eigenvalue weighted by molar-refractivity contribution is 7.86. The third-order valence-electron chi connectivity index (χ3n) is 2.11. The first-order chi connectivity index (χ1) is 7.27. The molecule has 1 aromatic carbocycles. The van der Waals surface area contributed by atoms with E-state index in [1.807, 2.05) is 0 Å². The summed E-state index contributed by atoms with van der Waals surface area (Å²) in [6.07, 6.45) is 0. The molecular formula is C9H10FNO4S. The number of nitrogens with two attached hydrogens (primary N) is 1. The molecule has 0 aliphatic heterocycles. The van der Waals surface area contributed by atoms with Gasteiger partial charge < -0.3 is 10.5 Å². The molecule has 1 rings (SSSR count). The quantitative estimate of drug-likeness (QED) is 0.479. The normalized spacial score (nSPS) is 11.2. The maximum absolute atomic E-state index is 12.7. The summed E-state index contributed by atoms with van der Waals surface area (Å²) in [6.45, 7) is 1.51. The Balaban J connectivity index is 3.51. The highest BCUT2D eigenvalue weighted by Gasteiger charge is 2.19. The zero-order valence-electron chi connectivity index (χ0n) is 8.65. The summed E-state index contributed by atoms with van der Waals surface area (Å²) < 4.78 is 38.5. The fourth-order valence-corrected chi connectivity index (χ4v) is 1.70. The summed E-state index contributed by atoms with van der Waals surface area (Å²) in [6, 6.07) is 1.85. The molecule has 1 aromatic rings. The maximum Gasteiger partial charge on any atom is 0.338 e. The molecule has 88 valence electrons. The van der Waals surface area contributed by atoms with E-state index in [9.17, 15) is 17.1 Å². The molecule has 0 spiro atoms. The maximum atomic E-state index is 12.7. The first kappa shape index (κ1) is 12.4. The summed E-state index contributed by atoms with van der Waals surface area (Å²) in [5.74, 6) is -0.769. The number of carbonyl (C=O) groups is 1. The number of nitrogen functional groups attached to an aromatic ring is 1. The van der Waals surface area contributed by atoms with E-state index in [1.165, 1.54) is 6.92 Å². The van der Waals surface area contributed by atoms with Crippen molar-refractivity contribution in [2.45, 2.75) is 11.8 Å². The van der Waals surface area contributed by atoms with Gasteiger partial charge in [0.05, 0.1) is 12.7 Å². The first-order valence-corrected chi connectivity index (χ1v) is 5.59. The molecule has 5 nitrogen and oxygen atoms in total. The number of methoxy groups -OCH3 is 1. The second kappa shape index (κ2) is 4.09. The molecule has 0 fully saturated rings. The van der Waals surface area contributed by atoms with E-state index in [-0.39, 0.29) is 11.3 Å². The average Bonchev–Trinajstić information content (AvgIpc) is 2.19. The smallest absolute Gasteiger partial charge is 0.338 e. The Bertz CT molecular complexity index is 539. The predicted octanol–water partition coefficient (Wildman–Crippen LogP) is 1.02. The average molecular weight is 247 g/mol. The van der Waals surface area contributed by atoms with Crippen molar-refractivity contribution in [1.29, 1.82) is 0 Å². The van der Waals surface area contributed by atoms with Crippen LogP contribution >= 0.6 is 0 Å². The molecule has 0 aliphatic carbocycles. The zero-order valence-corrected chi connectivity index (χ0v) is 9.47. The van der Waals surface area contributed by atoms with Crippen LogP contribution in [0, 0.1) is 6.92 Å². The third kappa shape index (κ3) is 2.30. The van der Waals surface area contributed by atoms with Gasteiger partial charge >= 0.3 is 16.2 Å². The molecule has 0 unspecified atom stereocenters. The minimum Gasteiger partial charge on any atom is -0.465 e. The van der Waals surface area contributed by atoms with Crippen molar-refractivity contribution in [3.8, 4) is 0 Å². The Labute approximate surface area is 92.2 Å². The van der Waals surface area contributed by atoms with Gasteiger partial charge in [-0.05, 0) is 24.6 Å². The molecule has 0 radical (unpaired) electrons. The number of esters is 1. The van der Waals surface area contributed by atoms with Crippen molar-refractivity contribution < 1.29 is 21.8 Å². The van der Waals surface area contributed by atoms with E-state index in [2.05, 4.69) is 4.74 Å². The second-order valence-corrected chi connectivity index (χ2v) is 4.46. The Morgan fingerprint density at radius 1 is 1.44 bits per heavy atom. The highest BCUT2D eigenvalue weighted by atomic mass is 32.3. The van der Waals surface area contributed by atoms with Crippen LogP contribution in [0.2, 0.25) is 0 Å². The van der Waals surface area contributed by atoms with Crippen molar-refractivity contribution in [2.75, 3.05) is 12.8 Å². The number of hydrogen-bond acceptors (Lipinski definition) is 5. The van der Waals surface area contributed by atoms with Crippen molar-refractivity contribution in [2.24, 2.45) is 0 Å². The van der Waals surface area contributed by atoms with Crippen LogP contribution in [0.3, 0.4) is 0 Å². The number of halogens is 1. The predicted molar refractivity (Wildman–Crippen MR) is 55.2 cm³/mol. The number of carbonyl (C=O) groups excluding carboxylic acids is 1. The molecule has 16 heavy (non-hydrogen) atoms. The summed E-state index contributed by atoms with van der Waals surface area (Å²) in [5, 5.41) is 0. The Hall–Kier alpha value is -1.63. The van der Waals surface area contributed by atoms with Gasteiger partial charge in [-0.1, -0.05) is 0 Å². The molecule has 0 atom stereocenters. The van der Waals surface area contributed by atoms with Crippen LogP contribution < -0.4 is 5.73 Å². The summed E-state index contributed by atoms with van der Waals surface area (Å²) in [7, 11) is -3.76. The minimum atomic E-state index is -4.89. The van der Waals surface area contributed by atoms with Crippen LogP contribution in [-0.2, 0) is 15.0 Å². The van der Waals surface area contributed by atoms with Crippen molar-refractivity contribution in [1.82, 2.24) is 0 Å².